The molecule has 7 nitrogen and oxygen atoms in total. The van der Waals surface area contributed by atoms with E-state index in [1.807, 2.05) is 0 Å². The van der Waals surface area contributed by atoms with Crippen molar-refractivity contribution >= 4 is 11.9 Å². The summed E-state index contributed by atoms with van der Waals surface area (Å²) in [5, 5.41) is 6.98. The lowest BCUT2D eigenvalue weighted by atomic mass is 10.2. The highest BCUT2D eigenvalue weighted by atomic mass is 16.5. The van der Waals surface area contributed by atoms with E-state index in [-0.39, 0.29) is 5.91 Å². The number of nitrogens with one attached hydrogen (secondary N) is 1. The minimum absolute atomic E-state index is 0.164. The van der Waals surface area contributed by atoms with Crippen LogP contribution in [0.4, 0.5) is 0 Å². The molecule has 0 saturated carbocycles. The van der Waals surface area contributed by atoms with Crippen LogP contribution in [0.2, 0.25) is 0 Å². The van der Waals surface area contributed by atoms with E-state index in [1.165, 1.54) is 6.20 Å². The molecule has 7 heteroatoms. The molecule has 1 aromatic carbocycles. The molecule has 2 aromatic rings. The molecule has 2 rings (SSSR count). The first-order valence-electron chi connectivity index (χ1n) is 7.67. The summed E-state index contributed by atoms with van der Waals surface area (Å²) in [4.78, 5) is 23.8. The van der Waals surface area contributed by atoms with Crippen molar-refractivity contribution in [3.63, 3.8) is 0 Å². The van der Waals surface area contributed by atoms with Crippen LogP contribution in [0, 0.1) is 6.92 Å². The van der Waals surface area contributed by atoms with E-state index in [4.69, 9.17) is 9.47 Å². The molecule has 1 aromatic heterocycles. The van der Waals surface area contributed by atoms with Gasteiger partial charge in [0.05, 0.1) is 30.8 Å². The van der Waals surface area contributed by atoms with E-state index >= 15 is 0 Å². The van der Waals surface area contributed by atoms with Crippen LogP contribution in [0.3, 0.4) is 0 Å². The quantitative estimate of drug-likeness (QED) is 0.617. The van der Waals surface area contributed by atoms with Gasteiger partial charge in [-0.3, -0.25) is 4.79 Å². The summed E-state index contributed by atoms with van der Waals surface area (Å²) in [6.45, 7) is 4.79. The van der Waals surface area contributed by atoms with Crippen LogP contribution in [0.25, 0.3) is 5.69 Å². The van der Waals surface area contributed by atoms with Crippen LogP contribution in [-0.2, 0) is 9.47 Å². The minimum Gasteiger partial charge on any atom is -0.462 e. The van der Waals surface area contributed by atoms with E-state index in [9.17, 15) is 9.59 Å². The van der Waals surface area contributed by atoms with Gasteiger partial charge < -0.3 is 14.8 Å². The highest BCUT2D eigenvalue weighted by Crippen LogP contribution is 2.16. The van der Waals surface area contributed by atoms with Crippen LogP contribution in [0.1, 0.15) is 33.3 Å². The predicted molar refractivity (Wildman–Crippen MR) is 88.5 cm³/mol. The Labute approximate surface area is 140 Å². The van der Waals surface area contributed by atoms with E-state index < -0.39 is 5.97 Å². The Kier molecular flexibility index (Phi) is 6.08. The third-order valence-electron chi connectivity index (χ3n) is 3.47. The number of esters is 1. The molecule has 1 heterocycles. The number of amides is 1. The number of methoxy groups -OCH3 is 1. The van der Waals surface area contributed by atoms with Gasteiger partial charge in [-0.05, 0) is 38.1 Å². The van der Waals surface area contributed by atoms with Gasteiger partial charge in [-0.2, -0.15) is 5.10 Å². The molecule has 0 radical (unpaired) electrons. The standard InChI is InChI=1S/C17H21N3O4/c1-4-24-17(22)15-11-19-20(12(15)2)14-7-5-13(6-8-14)16(21)18-9-10-23-3/h5-8,11H,4,9-10H2,1-3H3,(H,18,21). The molecular formula is C17H21N3O4. The van der Waals surface area contributed by atoms with E-state index in [1.54, 1.807) is 49.9 Å². The number of hydrogen-bond donors (Lipinski definition) is 1. The smallest absolute Gasteiger partial charge is 0.341 e. The molecule has 1 N–H and O–H groups in total. The molecule has 0 unspecified atom stereocenters. The minimum atomic E-state index is -0.393. The zero-order valence-corrected chi connectivity index (χ0v) is 14.0. The number of benzene rings is 1. The summed E-state index contributed by atoms with van der Waals surface area (Å²) in [7, 11) is 1.58. The van der Waals surface area contributed by atoms with E-state index in [0.717, 1.165) is 5.69 Å². The first-order valence-corrected chi connectivity index (χ1v) is 7.67. The van der Waals surface area contributed by atoms with Crippen LogP contribution >= 0.6 is 0 Å². The Morgan fingerprint density at radius 1 is 1.25 bits per heavy atom. The van der Waals surface area contributed by atoms with Crippen molar-refractivity contribution in [2.24, 2.45) is 0 Å². The molecule has 128 valence electrons. The molecule has 0 atom stereocenters. The summed E-state index contributed by atoms with van der Waals surface area (Å²) in [5.41, 5.74) is 2.42. The zero-order chi connectivity index (χ0) is 17.5. The first kappa shape index (κ1) is 17.7. The predicted octanol–water partition coefficient (Wildman–Crippen LogP) is 1.73. The van der Waals surface area contributed by atoms with E-state index in [2.05, 4.69) is 10.4 Å². The van der Waals surface area contributed by atoms with Gasteiger partial charge in [0.2, 0.25) is 0 Å². The molecule has 24 heavy (non-hydrogen) atoms. The largest absolute Gasteiger partial charge is 0.462 e. The Bertz CT molecular complexity index is 707. The van der Waals surface area contributed by atoms with Crippen LogP contribution in [0.15, 0.2) is 30.5 Å². The van der Waals surface area contributed by atoms with Crippen LogP contribution in [0.5, 0.6) is 0 Å². The second kappa shape index (κ2) is 8.26. The molecule has 0 aliphatic heterocycles. The SMILES string of the molecule is CCOC(=O)c1cnn(-c2ccc(C(=O)NCCOC)cc2)c1C. The molecule has 0 fully saturated rings. The van der Waals surface area contributed by atoms with E-state index in [0.29, 0.717) is 36.6 Å². The molecule has 0 spiro atoms. The van der Waals surface area contributed by atoms with Gasteiger partial charge in [0.15, 0.2) is 0 Å². The van der Waals surface area contributed by atoms with Gasteiger partial charge in [-0.15, -0.1) is 0 Å². The van der Waals surface area contributed by atoms with Crippen molar-refractivity contribution in [3.05, 3.63) is 47.3 Å². The topological polar surface area (TPSA) is 82.5 Å². The van der Waals surface area contributed by atoms with Gasteiger partial charge in [0.1, 0.15) is 5.56 Å². The maximum absolute atomic E-state index is 11.9. The van der Waals surface area contributed by atoms with Gasteiger partial charge in [0.25, 0.3) is 5.91 Å². The average molecular weight is 331 g/mol. The van der Waals surface area contributed by atoms with Crippen molar-refractivity contribution < 1.29 is 19.1 Å². The summed E-state index contributed by atoms with van der Waals surface area (Å²) in [6, 6.07) is 6.98. The van der Waals surface area contributed by atoms with Crippen molar-refractivity contribution in [1.29, 1.82) is 0 Å². The number of rotatable bonds is 7. The monoisotopic (exact) mass is 331 g/mol. The van der Waals surface area contributed by atoms with Gasteiger partial charge in [0, 0.05) is 19.2 Å². The fraction of sp³-hybridized carbons (Fsp3) is 0.353. The molecule has 0 aliphatic rings. The lowest BCUT2D eigenvalue weighted by molar-refractivity contribution is 0.0525. The van der Waals surface area contributed by atoms with Crippen LogP contribution in [-0.4, -0.2) is 48.5 Å². The number of carbonyl (C=O) groups is 2. The number of carbonyl (C=O) groups excluding carboxylic acids is 2. The molecule has 0 saturated heterocycles. The molecule has 1 amide bonds. The van der Waals surface area contributed by atoms with Crippen molar-refractivity contribution in [2.45, 2.75) is 13.8 Å². The number of nitrogens with zero attached hydrogens (tertiary/aromatic N) is 2. The lowest BCUT2D eigenvalue weighted by Gasteiger charge is -2.08. The van der Waals surface area contributed by atoms with Crippen LogP contribution < -0.4 is 5.32 Å². The highest BCUT2D eigenvalue weighted by Gasteiger charge is 2.16. The first-order chi connectivity index (χ1) is 11.6. The van der Waals surface area contributed by atoms with Crippen molar-refractivity contribution in [3.8, 4) is 5.69 Å². The summed E-state index contributed by atoms with van der Waals surface area (Å²) in [5.74, 6) is -0.557. The number of ether oxygens (including phenoxy) is 2. The summed E-state index contributed by atoms with van der Waals surface area (Å²) in [6.07, 6.45) is 1.48. The fourth-order valence-corrected chi connectivity index (χ4v) is 2.20. The van der Waals surface area contributed by atoms with Gasteiger partial charge >= 0.3 is 5.97 Å². The number of hydrogen-bond acceptors (Lipinski definition) is 5. The lowest BCUT2D eigenvalue weighted by Crippen LogP contribution is -2.26. The second-order valence-corrected chi connectivity index (χ2v) is 5.07. The highest BCUT2D eigenvalue weighted by molar-refractivity contribution is 5.94. The molecular weight excluding hydrogens is 310 g/mol. The molecule has 0 bridgehead atoms. The maximum Gasteiger partial charge on any atom is 0.341 e. The average Bonchev–Trinajstić information content (AvgIpc) is 2.97. The Morgan fingerprint density at radius 3 is 2.58 bits per heavy atom. The summed E-state index contributed by atoms with van der Waals surface area (Å²) < 4.78 is 11.5. The molecule has 0 aliphatic carbocycles. The number of aromatic nitrogens is 2. The van der Waals surface area contributed by atoms with Gasteiger partial charge in [-0.1, -0.05) is 0 Å². The fourth-order valence-electron chi connectivity index (χ4n) is 2.20. The van der Waals surface area contributed by atoms with Crippen molar-refractivity contribution in [2.75, 3.05) is 26.9 Å². The summed E-state index contributed by atoms with van der Waals surface area (Å²) >= 11 is 0. The Balaban J connectivity index is 2.14. The Hall–Kier alpha value is -2.67. The van der Waals surface area contributed by atoms with Gasteiger partial charge in [-0.25, -0.2) is 9.48 Å². The normalized spacial score (nSPS) is 10.5. The Morgan fingerprint density at radius 2 is 1.96 bits per heavy atom. The van der Waals surface area contributed by atoms with Crippen molar-refractivity contribution in [1.82, 2.24) is 15.1 Å². The maximum atomic E-state index is 11.9. The zero-order valence-electron chi connectivity index (χ0n) is 14.0. The second-order valence-electron chi connectivity index (χ2n) is 5.07. The third-order valence-corrected chi connectivity index (χ3v) is 3.47. The third kappa shape index (κ3) is 3.99.